The molecule has 4 heterocycles. The molecule has 4 aromatic rings. The SMILES string of the molecule is CCn1ccc2c(C3CCN(C(=O)c4ccc5nccnc5c4)CC3)ccnc21. The minimum atomic E-state index is 0.0769. The van der Waals surface area contributed by atoms with Gasteiger partial charge in [0.25, 0.3) is 5.91 Å². The van der Waals surface area contributed by atoms with Gasteiger partial charge in [-0.05, 0) is 61.6 Å². The normalized spacial score (nSPS) is 15.3. The molecule has 6 nitrogen and oxygen atoms in total. The van der Waals surface area contributed by atoms with Crippen LogP contribution in [0.15, 0.2) is 55.1 Å². The average molecular weight is 385 g/mol. The van der Waals surface area contributed by atoms with Crippen LogP contribution in [-0.2, 0) is 6.54 Å². The van der Waals surface area contributed by atoms with Crippen LogP contribution in [-0.4, -0.2) is 43.4 Å². The largest absolute Gasteiger partial charge is 0.339 e. The average Bonchev–Trinajstić information content (AvgIpc) is 3.22. The Hall–Kier alpha value is -3.28. The molecule has 1 fully saturated rings. The van der Waals surface area contributed by atoms with Gasteiger partial charge in [-0.2, -0.15) is 0 Å². The second-order valence-electron chi connectivity index (χ2n) is 7.57. The Labute approximate surface area is 169 Å². The van der Waals surface area contributed by atoms with Crippen LogP contribution in [0.25, 0.3) is 22.1 Å². The Morgan fingerprint density at radius 2 is 1.79 bits per heavy atom. The van der Waals surface area contributed by atoms with Gasteiger partial charge in [-0.3, -0.25) is 14.8 Å². The molecule has 3 aromatic heterocycles. The van der Waals surface area contributed by atoms with Crippen LogP contribution in [0.4, 0.5) is 0 Å². The van der Waals surface area contributed by atoms with Crippen molar-refractivity contribution in [1.82, 2.24) is 24.4 Å². The van der Waals surface area contributed by atoms with Crippen LogP contribution in [0.3, 0.4) is 0 Å². The lowest BCUT2D eigenvalue weighted by molar-refractivity contribution is 0.0713. The number of aromatic nitrogens is 4. The predicted octanol–water partition coefficient (Wildman–Crippen LogP) is 4.02. The lowest BCUT2D eigenvalue weighted by Crippen LogP contribution is -2.38. The number of carbonyl (C=O) groups is 1. The first-order valence-electron chi connectivity index (χ1n) is 10.2. The molecule has 29 heavy (non-hydrogen) atoms. The van der Waals surface area contributed by atoms with Crippen LogP contribution >= 0.6 is 0 Å². The van der Waals surface area contributed by atoms with Gasteiger partial charge in [0.1, 0.15) is 5.65 Å². The number of hydrogen-bond acceptors (Lipinski definition) is 4. The third-order valence-corrected chi connectivity index (χ3v) is 5.97. The second kappa shape index (κ2) is 7.28. The van der Waals surface area contributed by atoms with Gasteiger partial charge < -0.3 is 9.47 Å². The maximum atomic E-state index is 13.0. The van der Waals surface area contributed by atoms with Gasteiger partial charge in [0.15, 0.2) is 0 Å². The zero-order chi connectivity index (χ0) is 19.8. The van der Waals surface area contributed by atoms with Crippen LogP contribution in [0.1, 0.15) is 41.6 Å². The van der Waals surface area contributed by atoms with E-state index < -0.39 is 0 Å². The van der Waals surface area contributed by atoms with Gasteiger partial charge in [0.05, 0.1) is 11.0 Å². The first-order valence-corrected chi connectivity index (χ1v) is 10.2. The number of aryl methyl sites for hydroxylation is 1. The summed E-state index contributed by atoms with van der Waals surface area (Å²) in [6.45, 7) is 4.58. The van der Waals surface area contributed by atoms with Crippen LogP contribution in [0.5, 0.6) is 0 Å². The fourth-order valence-electron chi connectivity index (χ4n) is 4.39. The van der Waals surface area contributed by atoms with Crippen molar-refractivity contribution >= 4 is 28.0 Å². The molecular weight excluding hydrogens is 362 g/mol. The van der Waals surface area contributed by atoms with Crippen molar-refractivity contribution in [2.45, 2.75) is 32.2 Å². The first kappa shape index (κ1) is 17.8. The molecule has 0 atom stereocenters. The summed E-state index contributed by atoms with van der Waals surface area (Å²) in [7, 11) is 0. The minimum absolute atomic E-state index is 0.0769. The number of amides is 1. The van der Waals surface area contributed by atoms with Gasteiger partial charge in [-0.1, -0.05) is 0 Å². The maximum Gasteiger partial charge on any atom is 0.253 e. The highest BCUT2D eigenvalue weighted by molar-refractivity contribution is 5.97. The molecule has 0 aliphatic carbocycles. The maximum absolute atomic E-state index is 13.0. The van der Waals surface area contributed by atoms with E-state index in [1.54, 1.807) is 12.4 Å². The van der Waals surface area contributed by atoms with Crippen molar-refractivity contribution in [3.63, 3.8) is 0 Å². The van der Waals surface area contributed by atoms with Gasteiger partial charge in [0.2, 0.25) is 0 Å². The van der Waals surface area contributed by atoms with Crippen molar-refractivity contribution in [3.05, 3.63) is 66.2 Å². The topological polar surface area (TPSA) is 63.9 Å². The summed E-state index contributed by atoms with van der Waals surface area (Å²) in [5.41, 5.74) is 4.66. The molecule has 0 saturated carbocycles. The molecule has 1 aliphatic heterocycles. The second-order valence-corrected chi connectivity index (χ2v) is 7.57. The standard InChI is InChI=1S/C23H23N5O/c1-2-27-14-8-19-18(5-9-26-22(19)27)16-6-12-28(13-7-16)23(29)17-3-4-20-21(15-17)25-11-10-24-20/h3-5,8-11,14-16H,2,6-7,12-13H2,1H3. The molecule has 0 radical (unpaired) electrons. The molecular formula is C23H23N5O. The zero-order valence-electron chi connectivity index (χ0n) is 16.5. The van der Waals surface area contributed by atoms with E-state index in [4.69, 9.17) is 0 Å². The van der Waals surface area contributed by atoms with Crippen LogP contribution < -0.4 is 0 Å². The number of benzene rings is 1. The molecule has 0 N–H and O–H groups in total. The lowest BCUT2D eigenvalue weighted by Gasteiger charge is -2.32. The Balaban J connectivity index is 1.33. The molecule has 0 unspecified atom stereocenters. The fraction of sp³-hybridized carbons (Fsp3) is 0.304. The molecule has 146 valence electrons. The Morgan fingerprint density at radius 3 is 2.59 bits per heavy atom. The van der Waals surface area contributed by atoms with E-state index in [0.29, 0.717) is 11.5 Å². The van der Waals surface area contributed by atoms with Gasteiger partial charge >= 0.3 is 0 Å². The monoisotopic (exact) mass is 385 g/mol. The number of rotatable bonds is 3. The van der Waals surface area contributed by atoms with Crippen molar-refractivity contribution in [2.75, 3.05) is 13.1 Å². The Morgan fingerprint density at radius 1 is 1.00 bits per heavy atom. The van der Waals surface area contributed by atoms with E-state index in [0.717, 1.165) is 49.2 Å². The summed E-state index contributed by atoms with van der Waals surface area (Å²) >= 11 is 0. The predicted molar refractivity (Wildman–Crippen MR) is 113 cm³/mol. The summed E-state index contributed by atoms with van der Waals surface area (Å²) in [5.74, 6) is 0.535. The van der Waals surface area contributed by atoms with Crippen molar-refractivity contribution in [3.8, 4) is 0 Å². The summed E-state index contributed by atoms with van der Waals surface area (Å²) in [5, 5.41) is 1.24. The quantitative estimate of drug-likeness (QED) is 0.534. The third-order valence-electron chi connectivity index (χ3n) is 5.97. The van der Waals surface area contributed by atoms with Gasteiger partial charge in [0, 0.05) is 55.4 Å². The molecule has 1 amide bonds. The highest BCUT2D eigenvalue weighted by atomic mass is 16.2. The Kier molecular flexibility index (Phi) is 4.46. The molecule has 0 spiro atoms. The molecule has 1 aromatic carbocycles. The molecule has 6 heteroatoms. The number of piperidine rings is 1. The number of pyridine rings is 1. The highest BCUT2D eigenvalue weighted by Crippen LogP contribution is 2.33. The summed E-state index contributed by atoms with van der Waals surface area (Å²) in [4.78, 5) is 28.1. The molecule has 1 aliphatic rings. The van der Waals surface area contributed by atoms with Crippen LogP contribution in [0, 0.1) is 0 Å². The molecule has 5 rings (SSSR count). The highest BCUT2D eigenvalue weighted by Gasteiger charge is 2.26. The van der Waals surface area contributed by atoms with Crippen molar-refractivity contribution in [1.29, 1.82) is 0 Å². The van der Waals surface area contributed by atoms with E-state index in [1.807, 2.05) is 29.3 Å². The first-order chi connectivity index (χ1) is 14.2. The van der Waals surface area contributed by atoms with E-state index >= 15 is 0 Å². The fourth-order valence-corrected chi connectivity index (χ4v) is 4.39. The number of hydrogen-bond donors (Lipinski definition) is 0. The summed E-state index contributed by atoms with van der Waals surface area (Å²) < 4.78 is 2.18. The number of fused-ring (bicyclic) bond motifs is 2. The van der Waals surface area contributed by atoms with Gasteiger partial charge in [-0.25, -0.2) is 4.98 Å². The molecule has 0 bridgehead atoms. The Bertz CT molecular complexity index is 1190. The zero-order valence-corrected chi connectivity index (χ0v) is 16.5. The van der Waals surface area contributed by atoms with E-state index in [1.165, 1.54) is 10.9 Å². The minimum Gasteiger partial charge on any atom is -0.339 e. The summed E-state index contributed by atoms with van der Waals surface area (Å²) in [6.07, 6.45) is 9.29. The van der Waals surface area contributed by atoms with Crippen LogP contribution in [0.2, 0.25) is 0 Å². The number of nitrogens with zero attached hydrogens (tertiary/aromatic N) is 5. The lowest BCUT2D eigenvalue weighted by atomic mass is 9.88. The van der Waals surface area contributed by atoms with Crippen molar-refractivity contribution in [2.24, 2.45) is 0 Å². The van der Waals surface area contributed by atoms with Gasteiger partial charge in [-0.15, -0.1) is 0 Å². The number of likely N-dealkylation sites (tertiary alicyclic amines) is 1. The van der Waals surface area contributed by atoms with E-state index in [9.17, 15) is 4.79 Å². The van der Waals surface area contributed by atoms with Crippen molar-refractivity contribution < 1.29 is 4.79 Å². The van der Waals surface area contributed by atoms with E-state index in [2.05, 4.69) is 44.8 Å². The van der Waals surface area contributed by atoms with E-state index in [-0.39, 0.29) is 5.91 Å². The summed E-state index contributed by atoms with van der Waals surface area (Å²) in [6, 6.07) is 9.89. The molecule has 1 saturated heterocycles. The smallest absolute Gasteiger partial charge is 0.253 e. The third kappa shape index (κ3) is 3.14. The number of carbonyl (C=O) groups excluding carboxylic acids is 1.